The minimum absolute atomic E-state index is 0.140. The van der Waals surface area contributed by atoms with Crippen molar-refractivity contribution < 1.29 is 9.57 Å². The van der Waals surface area contributed by atoms with Crippen molar-refractivity contribution >= 4 is 0 Å². The summed E-state index contributed by atoms with van der Waals surface area (Å²) in [5, 5.41) is 0. The molecule has 1 aromatic heterocycles. The van der Waals surface area contributed by atoms with E-state index in [4.69, 9.17) is 10.6 Å². The highest BCUT2D eigenvalue weighted by molar-refractivity contribution is 5.29. The first-order valence-corrected chi connectivity index (χ1v) is 4.10. The molecule has 0 bridgehead atoms. The number of aromatic nitrogens is 1. The Morgan fingerprint density at radius 3 is 3.00 bits per heavy atom. The van der Waals surface area contributed by atoms with Crippen molar-refractivity contribution in [3.8, 4) is 5.75 Å². The van der Waals surface area contributed by atoms with Crippen LogP contribution >= 0.6 is 0 Å². The van der Waals surface area contributed by atoms with Gasteiger partial charge < -0.3 is 9.57 Å². The van der Waals surface area contributed by atoms with Gasteiger partial charge in [-0.05, 0) is 12.1 Å². The molecule has 2 N–H and O–H groups in total. The second kappa shape index (κ2) is 4.79. The summed E-state index contributed by atoms with van der Waals surface area (Å²) < 4.78 is 5.15. The number of rotatable bonds is 4. The van der Waals surface area contributed by atoms with Crippen LogP contribution in [0.2, 0.25) is 0 Å². The zero-order valence-corrected chi connectivity index (χ0v) is 7.86. The third-order valence-corrected chi connectivity index (χ3v) is 1.83. The van der Waals surface area contributed by atoms with Gasteiger partial charge in [-0.1, -0.05) is 6.92 Å². The number of nitrogens with two attached hydrogens (primary N) is 1. The summed E-state index contributed by atoms with van der Waals surface area (Å²) in [5.74, 6) is 5.90. The highest BCUT2D eigenvalue weighted by Gasteiger charge is 2.11. The first-order chi connectivity index (χ1) is 6.29. The van der Waals surface area contributed by atoms with Crippen molar-refractivity contribution in [3.05, 3.63) is 24.0 Å². The molecule has 1 atom stereocenters. The predicted molar refractivity (Wildman–Crippen MR) is 49.3 cm³/mol. The molecule has 0 saturated heterocycles. The largest absolute Gasteiger partial charge is 0.495 e. The molecule has 0 aromatic carbocycles. The molecule has 0 radical (unpaired) electrons. The topological polar surface area (TPSA) is 57.4 Å². The normalized spacial score (nSPS) is 12.5. The Bertz CT molecular complexity index is 266. The van der Waals surface area contributed by atoms with Crippen LogP contribution in [0.4, 0.5) is 0 Å². The van der Waals surface area contributed by atoms with Crippen LogP contribution in [0.3, 0.4) is 0 Å². The Balaban J connectivity index is 2.85. The van der Waals surface area contributed by atoms with E-state index in [0.29, 0.717) is 6.61 Å². The van der Waals surface area contributed by atoms with E-state index in [-0.39, 0.29) is 5.92 Å². The zero-order valence-electron chi connectivity index (χ0n) is 7.86. The summed E-state index contributed by atoms with van der Waals surface area (Å²) in [6.07, 6.45) is 1.73. The number of methoxy groups -OCH3 is 1. The van der Waals surface area contributed by atoms with Gasteiger partial charge in [-0.2, -0.15) is 0 Å². The van der Waals surface area contributed by atoms with Gasteiger partial charge in [-0.15, -0.1) is 0 Å². The van der Waals surface area contributed by atoms with Crippen LogP contribution in [-0.2, 0) is 4.84 Å². The van der Waals surface area contributed by atoms with E-state index in [1.165, 1.54) is 0 Å². The molecule has 4 nitrogen and oxygen atoms in total. The van der Waals surface area contributed by atoms with E-state index in [1.807, 2.05) is 19.1 Å². The summed E-state index contributed by atoms with van der Waals surface area (Å²) in [7, 11) is 1.62. The van der Waals surface area contributed by atoms with Crippen molar-refractivity contribution in [1.29, 1.82) is 0 Å². The van der Waals surface area contributed by atoms with Crippen molar-refractivity contribution in [1.82, 2.24) is 4.98 Å². The van der Waals surface area contributed by atoms with Gasteiger partial charge in [-0.3, -0.25) is 4.98 Å². The van der Waals surface area contributed by atoms with Crippen molar-refractivity contribution in [2.45, 2.75) is 12.8 Å². The van der Waals surface area contributed by atoms with Crippen LogP contribution in [0.5, 0.6) is 5.75 Å². The van der Waals surface area contributed by atoms with Crippen LogP contribution in [0.1, 0.15) is 18.5 Å². The van der Waals surface area contributed by atoms with Crippen LogP contribution in [0.25, 0.3) is 0 Å². The lowest BCUT2D eigenvalue weighted by Gasteiger charge is -2.12. The van der Waals surface area contributed by atoms with E-state index >= 15 is 0 Å². The molecule has 4 heteroatoms. The molecule has 1 rings (SSSR count). The van der Waals surface area contributed by atoms with Crippen LogP contribution in [0.15, 0.2) is 18.3 Å². The summed E-state index contributed by atoms with van der Waals surface area (Å²) in [5.41, 5.74) is 0.871. The van der Waals surface area contributed by atoms with Gasteiger partial charge in [0, 0.05) is 12.1 Å². The molecular formula is C9H14N2O2. The molecular weight excluding hydrogens is 168 g/mol. The molecule has 0 aliphatic heterocycles. The number of nitrogens with zero attached hydrogens (tertiary/aromatic N) is 1. The molecule has 1 heterocycles. The average Bonchev–Trinajstić information content (AvgIpc) is 2.18. The third-order valence-electron chi connectivity index (χ3n) is 1.83. The summed E-state index contributed by atoms with van der Waals surface area (Å²) in [6, 6.07) is 3.70. The third kappa shape index (κ3) is 2.40. The standard InChI is InChI=1S/C9H14N2O2/c1-7(6-13-10)9-8(12-2)4-3-5-11-9/h3-5,7H,6,10H2,1-2H3. The van der Waals surface area contributed by atoms with E-state index in [1.54, 1.807) is 13.3 Å². The van der Waals surface area contributed by atoms with Gasteiger partial charge in [0.05, 0.1) is 19.4 Å². The van der Waals surface area contributed by atoms with Crippen molar-refractivity contribution in [3.63, 3.8) is 0 Å². The molecule has 72 valence electrons. The van der Waals surface area contributed by atoms with Gasteiger partial charge in [0.2, 0.25) is 0 Å². The quantitative estimate of drug-likeness (QED) is 0.708. The van der Waals surface area contributed by atoms with Crippen LogP contribution in [0, 0.1) is 0 Å². The smallest absolute Gasteiger partial charge is 0.140 e. The monoisotopic (exact) mass is 182 g/mol. The van der Waals surface area contributed by atoms with Gasteiger partial charge in [-0.25, -0.2) is 5.90 Å². The maximum absolute atomic E-state index is 5.15. The minimum atomic E-state index is 0.140. The SMILES string of the molecule is COc1cccnc1C(C)CON. The lowest BCUT2D eigenvalue weighted by molar-refractivity contribution is 0.125. The molecule has 1 aromatic rings. The maximum atomic E-state index is 5.15. The molecule has 0 aliphatic rings. The van der Waals surface area contributed by atoms with E-state index in [0.717, 1.165) is 11.4 Å². The fourth-order valence-electron chi connectivity index (χ4n) is 1.17. The lowest BCUT2D eigenvalue weighted by Crippen LogP contribution is -2.10. The first-order valence-electron chi connectivity index (χ1n) is 4.10. The van der Waals surface area contributed by atoms with Gasteiger partial charge in [0.25, 0.3) is 0 Å². The van der Waals surface area contributed by atoms with E-state index < -0.39 is 0 Å². The lowest BCUT2D eigenvalue weighted by atomic mass is 10.1. The van der Waals surface area contributed by atoms with Crippen molar-refractivity contribution in [2.75, 3.05) is 13.7 Å². The Labute approximate surface area is 77.6 Å². The van der Waals surface area contributed by atoms with Crippen LogP contribution in [-0.4, -0.2) is 18.7 Å². The van der Waals surface area contributed by atoms with Gasteiger partial charge >= 0.3 is 0 Å². The minimum Gasteiger partial charge on any atom is -0.495 e. The number of ether oxygens (including phenoxy) is 1. The van der Waals surface area contributed by atoms with Gasteiger partial charge in [0.15, 0.2) is 0 Å². The molecule has 0 aliphatic carbocycles. The first kappa shape index (κ1) is 9.95. The average molecular weight is 182 g/mol. The maximum Gasteiger partial charge on any atom is 0.140 e. The number of hydrogen-bond donors (Lipinski definition) is 1. The van der Waals surface area contributed by atoms with Gasteiger partial charge in [0.1, 0.15) is 5.75 Å². The van der Waals surface area contributed by atoms with E-state index in [2.05, 4.69) is 9.82 Å². The fraction of sp³-hybridized carbons (Fsp3) is 0.444. The molecule has 0 spiro atoms. The summed E-state index contributed by atoms with van der Waals surface area (Å²) in [4.78, 5) is 8.77. The molecule has 0 fully saturated rings. The van der Waals surface area contributed by atoms with E-state index in [9.17, 15) is 0 Å². The second-order valence-corrected chi connectivity index (χ2v) is 2.83. The van der Waals surface area contributed by atoms with Crippen LogP contribution < -0.4 is 10.6 Å². The molecule has 0 saturated carbocycles. The Morgan fingerprint density at radius 2 is 2.38 bits per heavy atom. The summed E-state index contributed by atoms with van der Waals surface area (Å²) in [6.45, 7) is 2.42. The fourth-order valence-corrected chi connectivity index (χ4v) is 1.17. The second-order valence-electron chi connectivity index (χ2n) is 2.83. The zero-order chi connectivity index (χ0) is 9.68. The number of hydrogen-bond acceptors (Lipinski definition) is 4. The Morgan fingerprint density at radius 1 is 1.62 bits per heavy atom. The molecule has 0 amide bonds. The highest BCUT2D eigenvalue weighted by atomic mass is 16.6. The molecule has 13 heavy (non-hydrogen) atoms. The summed E-state index contributed by atoms with van der Waals surface area (Å²) >= 11 is 0. The highest BCUT2D eigenvalue weighted by Crippen LogP contribution is 2.23. The Kier molecular flexibility index (Phi) is 3.67. The predicted octanol–water partition coefficient (Wildman–Crippen LogP) is 1.08. The Hall–Kier alpha value is -1.13. The van der Waals surface area contributed by atoms with Crippen molar-refractivity contribution in [2.24, 2.45) is 5.90 Å². The molecule has 1 unspecified atom stereocenters. The number of pyridine rings is 1.